The summed E-state index contributed by atoms with van der Waals surface area (Å²) in [6.07, 6.45) is 2.52. The van der Waals surface area contributed by atoms with Crippen molar-refractivity contribution in [2.24, 2.45) is 5.41 Å². The molecule has 0 radical (unpaired) electrons. The first-order valence-corrected chi connectivity index (χ1v) is 18.6. The molecule has 2 aliphatic rings. The highest BCUT2D eigenvalue weighted by Crippen LogP contribution is 2.59. The lowest BCUT2D eigenvalue weighted by Crippen LogP contribution is -2.50. The summed E-state index contributed by atoms with van der Waals surface area (Å²) in [6, 6.07) is 16.7. The van der Waals surface area contributed by atoms with E-state index in [1.54, 1.807) is 40.6 Å². The van der Waals surface area contributed by atoms with Crippen LogP contribution >= 0.6 is 11.3 Å². The zero-order valence-electron chi connectivity index (χ0n) is 27.3. The molecule has 49 heavy (non-hydrogen) atoms. The van der Waals surface area contributed by atoms with E-state index in [1.165, 1.54) is 17.6 Å². The summed E-state index contributed by atoms with van der Waals surface area (Å²) < 4.78 is 30.2. The molecule has 1 aliphatic carbocycles. The van der Waals surface area contributed by atoms with Crippen LogP contribution < -0.4 is 20.7 Å². The Morgan fingerprint density at radius 1 is 1.06 bits per heavy atom. The molecule has 1 unspecified atom stereocenters. The van der Waals surface area contributed by atoms with Gasteiger partial charge in [0.25, 0.3) is 0 Å². The number of amides is 4. The summed E-state index contributed by atoms with van der Waals surface area (Å²) in [5, 5.41) is 17.9. The first-order valence-electron chi connectivity index (χ1n) is 15.8. The number of thiophene rings is 1. The summed E-state index contributed by atoms with van der Waals surface area (Å²) in [5.74, 6) is -0.470. The summed E-state index contributed by atoms with van der Waals surface area (Å²) in [4.78, 5) is 53.9. The van der Waals surface area contributed by atoms with Gasteiger partial charge in [-0.25, -0.2) is 13.8 Å². The Balaban J connectivity index is 1.03. The van der Waals surface area contributed by atoms with E-state index in [0.717, 1.165) is 16.9 Å². The molecule has 0 spiro atoms. The molecule has 1 aromatic heterocycles. The van der Waals surface area contributed by atoms with Gasteiger partial charge in [0.1, 0.15) is 24.2 Å². The first-order chi connectivity index (χ1) is 23.3. The maximum absolute atomic E-state index is 13.3. The van der Waals surface area contributed by atoms with Gasteiger partial charge in [-0.3, -0.25) is 25.1 Å². The second-order valence-electron chi connectivity index (χ2n) is 12.5. The molecule has 13 nitrogen and oxygen atoms in total. The van der Waals surface area contributed by atoms with E-state index in [9.17, 15) is 23.4 Å². The molecule has 5 N–H and O–H groups in total. The van der Waals surface area contributed by atoms with Crippen LogP contribution in [0.25, 0.3) is 0 Å². The van der Waals surface area contributed by atoms with Crippen LogP contribution in [0, 0.1) is 15.6 Å². The fourth-order valence-corrected chi connectivity index (χ4v) is 7.23. The molecule has 1 saturated heterocycles. The number of hydrogen-bond donors (Lipinski definition) is 5. The largest absolute Gasteiger partial charge is 0.494 e. The number of rotatable bonds is 14. The maximum Gasteiger partial charge on any atom is 0.413 e. The highest BCUT2D eigenvalue weighted by molar-refractivity contribution is 7.91. The lowest BCUT2D eigenvalue weighted by molar-refractivity contribution is -0.140. The quantitative estimate of drug-likeness (QED) is 0.0950. The highest BCUT2D eigenvalue weighted by Gasteiger charge is 2.64. The van der Waals surface area contributed by atoms with Gasteiger partial charge < -0.3 is 25.0 Å². The number of likely N-dealkylation sites (tertiary alicyclic amines) is 1. The molecule has 15 heteroatoms. The first kappa shape index (κ1) is 35.5. The molecular formula is C34H40N6O7S2. The smallest absolute Gasteiger partial charge is 0.413 e. The van der Waals surface area contributed by atoms with Gasteiger partial charge in [0.15, 0.2) is 0 Å². The van der Waals surface area contributed by atoms with Gasteiger partial charge in [0.05, 0.1) is 29.4 Å². The number of nitrogens with one attached hydrogen (secondary N) is 5. The Morgan fingerprint density at radius 2 is 1.80 bits per heavy atom. The molecule has 0 bridgehead atoms. The number of ether oxygens (including phenoxy) is 2. The van der Waals surface area contributed by atoms with Gasteiger partial charge in [-0.05, 0) is 60.6 Å². The lowest BCUT2D eigenvalue weighted by atomic mass is 10.0. The van der Waals surface area contributed by atoms with Crippen LogP contribution in [-0.4, -0.2) is 70.3 Å². The van der Waals surface area contributed by atoms with Gasteiger partial charge in [0.2, 0.25) is 17.7 Å². The Bertz CT molecular complexity index is 1810. The van der Waals surface area contributed by atoms with Crippen LogP contribution in [0.2, 0.25) is 0 Å². The topological polar surface area (TPSA) is 191 Å². The predicted octanol–water partition coefficient (Wildman–Crippen LogP) is 4.01. The zero-order valence-corrected chi connectivity index (χ0v) is 28.9. The SMILES string of the molecule is C[C@@]12C[C@@H]1N(C(=O)CNC(=O)CCCOc1ccc(S(C)(=N)=O)cc1)[C@H](C(=O)NCc1cc(C(=N)NC(=O)OCc3ccccc3)cs1)C2. The van der Waals surface area contributed by atoms with Crippen LogP contribution in [0.4, 0.5) is 4.79 Å². The minimum absolute atomic E-state index is 0.0508. The average Bonchev–Trinajstić information content (AvgIpc) is 3.37. The number of nitrogens with zero attached hydrogens (tertiary/aromatic N) is 1. The Labute approximate surface area is 289 Å². The lowest BCUT2D eigenvalue weighted by Gasteiger charge is -2.27. The van der Waals surface area contributed by atoms with Crippen LogP contribution in [0.15, 0.2) is 70.9 Å². The van der Waals surface area contributed by atoms with Crippen molar-refractivity contribution in [2.75, 3.05) is 19.4 Å². The third kappa shape index (κ3) is 9.44. The molecule has 4 amide bonds. The monoisotopic (exact) mass is 708 g/mol. The molecular weight excluding hydrogens is 669 g/mol. The number of benzene rings is 2. The normalized spacial score (nSPS) is 20.3. The van der Waals surface area contributed by atoms with Gasteiger partial charge >= 0.3 is 6.09 Å². The molecule has 2 heterocycles. The van der Waals surface area contributed by atoms with Crippen molar-refractivity contribution in [1.29, 1.82) is 10.2 Å². The second kappa shape index (κ2) is 15.2. The molecule has 5 rings (SSSR count). The maximum atomic E-state index is 13.3. The van der Waals surface area contributed by atoms with E-state index in [0.29, 0.717) is 29.1 Å². The molecule has 260 valence electrons. The number of alkyl carbamates (subject to hydrolysis) is 1. The Hall–Kier alpha value is -4.76. The van der Waals surface area contributed by atoms with Crippen LogP contribution in [0.1, 0.15) is 48.6 Å². The van der Waals surface area contributed by atoms with Crippen molar-refractivity contribution in [1.82, 2.24) is 20.9 Å². The Kier molecular flexibility index (Phi) is 11.0. The second-order valence-corrected chi connectivity index (χ2v) is 15.7. The van der Waals surface area contributed by atoms with E-state index in [4.69, 9.17) is 19.7 Å². The molecule has 4 atom stereocenters. The fraction of sp³-hybridized carbons (Fsp3) is 0.382. The van der Waals surface area contributed by atoms with Gasteiger partial charge in [-0.15, -0.1) is 11.3 Å². The highest BCUT2D eigenvalue weighted by atomic mass is 32.2. The molecule has 3 aromatic rings. The summed E-state index contributed by atoms with van der Waals surface area (Å²) >= 11 is 1.33. The number of carbonyl (C=O) groups is 4. The van der Waals surface area contributed by atoms with Crippen molar-refractivity contribution in [3.05, 3.63) is 82.0 Å². The predicted molar refractivity (Wildman–Crippen MR) is 184 cm³/mol. The number of piperidine rings is 1. The third-order valence-electron chi connectivity index (χ3n) is 8.57. The van der Waals surface area contributed by atoms with Gasteiger partial charge in [-0.2, -0.15) is 0 Å². The van der Waals surface area contributed by atoms with Crippen molar-refractivity contribution in [2.45, 2.75) is 62.7 Å². The van der Waals surface area contributed by atoms with Gasteiger partial charge in [-0.1, -0.05) is 37.3 Å². The summed E-state index contributed by atoms with van der Waals surface area (Å²) in [7, 11) is -2.80. The van der Waals surface area contributed by atoms with Gasteiger partial charge in [0, 0.05) is 39.4 Å². The van der Waals surface area contributed by atoms with Crippen molar-refractivity contribution >= 4 is 50.7 Å². The van der Waals surface area contributed by atoms with Crippen molar-refractivity contribution in [3.63, 3.8) is 0 Å². The van der Waals surface area contributed by atoms with E-state index in [2.05, 4.69) is 22.9 Å². The van der Waals surface area contributed by atoms with Crippen LogP contribution in [0.3, 0.4) is 0 Å². The van der Waals surface area contributed by atoms with Crippen molar-refractivity contribution in [3.8, 4) is 5.75 Å². The van der Waals surface area contributed by atoms with Crippen LogP contribution in [-0.2, 0) is 42.0 Å². The number of carbonyl (C=O) groups excluding carboxylic acids is 4. The number of amidine groups is 1. The summed E-state index contributed by atoms with van der Waals surface area (Å²) in [5.41, 5.74) is 1.18. The van der Waals surface area contributed by atoms with E-state index in [-0.39, 0.29) is 67.7 Å². The number of hydrogen-bond acceptors (Lipinski definition) is 10. The van der Waals surface area contributed by atoms with E-state index >= 15 is 0 Å². The van der Waals surface area contributed by atoms with Crippen LogP contribution in [0.5, 0.6) is 5.75 Å². The molecule has 2 fully saturated rings. The van der Waals surface area contributed by atoms with E-state index < -0.39 is 21.9 Å². The third-order valence-corrected chi connectivity index (χ3v) is 10.7. The summed E-state index contributed by atoms with van der Waals surface area (Å²) in [6.45, 7) is 2.39. The fourth-order valence-electron chi connectivity index (χ4n) is 5.76. The minimum Gasteiger partial charge on any atom is -0.494 e. The van der Waals surface area contributed by atoms with Crippen molar-refractivity contribution < 1.29 is 32.9 Å². The minimum atomic E-state index is -2.80. The molecule has 1 aliphatic heterocycles. The molecule has 1 saturated carbocycles. The number of fused-ring (bicyclic) bond motifs is 1. The molecule has 2 aromatic carbocycles. The average molecular weight is 709 g/mol. The zero-order chi connectivity index (χ0) is 35.2. The standard InChI is InChI=1S/C34H40N6O7S2/c1-34-16-27(32(43)38-18-25-15-23(21-48-25)31(35)39-33(44)47-20-22-7-4-3-5-8-22)40(28(34)17-34)30(42)19-37-29(41)9-6-14-46-24-10-12-26(13-11-24)49(2,36)45/h3-5,7-8,10-13,15,21,27-28,36H,6,9,14,16-20H2,1-2H3,(H,37,41)(H,38,43)(H2,35,39,44)/t27-,28-,34+,49?/m0/s1. The Morgan fingerprint density at radius 3 is 2.51 bits per heavy atom. The van der Waals surface area contributed by atoms with E-state index in [1.807, 2.05) is 30.3 Å².